The molecule has 0 unspecified atom stereocenters. The van der Waals surface area contributed by atoms with E-state index in [0.717, 1.165) is 25.7 Å². The molecule has 0 aromatic heterocycles. The number of benzene rings is 4. The topological polar surface area (TPSA) is 175 Å². The number of nitro benzene ring substituents is 2. The van der Waals surface area contributed by atoms with Crippen LogP contribution < -0.4 is 30.4 Å². The molecular formula is C40H48N4O8. The van der Waals surface area contributed by atoms with E-state index in [2.05, 4.69) is 0 Å². The number of nitro groups is 2. The molecule has 12 heteroatoms. The molecule has 0 aliphatic heterocycles. The quantitative estimate of drug-likeness (QED) is 0.0645. The fourth-order valence-electron chi connectivity index (χ4n) is 6.67. The minimum atomic E-state index is -0.398. The Morgan fingerprint density at radius 1 is 0.462 bits per heavy atom. The third-order valence-electron chi connectivity index (χ3n) is 8.73. The zero-order valence-electron chi connectivity index (χ0n) is 30.4. The third kappa shape index (κ3) is 8.67. The molecule has 1 aliphatic rings. The van der Waals surface area contributed by atoms with Crippen LogP contribution in [0.15, 0.2) is 48.5 Å². The summed E-state index contributed by atoms with van der Waals surface area (Å²) in [5, 5.41) is 24.8. The molecule has 0 atom stereocenters. The van der Waals surface area contributed by atoms with E-state index in [1.54, 1.807) is 24.3 Å². The van der Waals surface area contributed by atoms with Crippen molar-refractivity contribution in [3.05, 3.63) is 113 Å². The van der Waals surface area contributed by atoms with Gasteiger partial charge in [-0.1, -0.05) is 27.7 Å². The maximum absolute atomic E-state index is 12.4. The van der Waals surface area contributed by atoms with Crippen LogP contribution in [0.1, 0.15) is 97.9 Å². The fourth-order valence-corrected chi connectivity index (χ4v) is 6.67. The number of hydrogen-bond donors (Lipinski definition) is 2. The molecule has 0 amide bonds. The molecule has 8 bridgehead atoms. The number of rotatable bonds is 14. The summed E-state index contributed by atoms with van der Waals surface area (Å²) in [6.07, 6.45) is 3.76. The Morgan fingerprint density at radius 3 is 0.865 bits per heavy atom. The first-order valence-electron chi connectivity index (χ1n) is 18.0. The van der Waals surface area contributed by atoms with Gasteiger partial charge in [-0.3, -0.25) is 20.2 Å². The largest absolute Gasteiger partial charge is 0.493 e. The third-order valence-corrected chi connectivity index (χ3v) is 8.73. The second-order valence-corrected chi connectivity index (χ2v) is 13.1. The molecule has 1 aliphatic carbocycles. The van der Waals surface area contributed by atoms with Gasteiger partial charge >= 0.3 is 0 Å². The summed E-state index contributed by atoms with van der Waals surface area (Å²) in [5.74, 6) is 2.23. The first-order chi connectivity index (χ1) is 25.1. The molecule has 4 N–H and O–H groups in total. The number of anilines is 2. The summed E-state index contributed by atoms with van der Waals surface area (Å²) >= 11 is 0. The van der Waals surface area contributed by atoms with E-state index in [-0.39, 0.29) is 37.1 Å². The van der Waals surface area contributed by atoms with Gasteiger partial charge in [0.15, 0.2) is 0 Å². The first-order valence-corrected chi connectivity index (χ1v) is 18.0. The summed E-state index contributed by atoms with van der Waals surface area (Å²) < 4.78 is 25.7. The highest BCUT2D eigenvalue weighted by molar-refractivity contribution is 5.63. The Labute approximate surface area is 304 Å². The van der Waals surface area contributed by atoms with Gasteiger partial charge in [-0.25, -0.2) is 0 Å². The van der Waals surface area contributed by atoms with Crippen molar-refractivity contribution in [2.45, 2.75) is 79.1 Å². The SMILES string of the molecule is CCCOc1c2cc(N)cc1Cc1cc([N+](=O)[O-])cc(c1OCCC)Cc1cc(N)cc(c1OCCC)Cc1cc([N+](=O)[O-])cc(c1OCCC)C2. The first kappa shape index (κ1) is 37.7. The summed E-state index contributed by atoms with van der Waals surface area (Å²) in [6.45, 7) is 9.61. The van der Waals surface area contributed by atoms with Crippen LogP contribution in [0.2, 0.25) is 0 Å². The number of hydrogen-bond acceptors (Lipinski definition) is 10. The minimum Gasteiger partial charge on any atom is -0.493 e. The monoisotopic (exact) mass is 712 g/mol. The minimum absolute atomic E-state index is 0.0738. The molecule has 0 radical (unpaired) electrons. The number of ether oxygens (including phenoxy) is 4. The lowest BCUT2D eigenvalue weighted by atomic mass is 9.90. The Morgan fingerprint density at radius 2 is 0.673 bits per heavy atom. The molecule has 0 saturated carbocycles. The molecule has 0 heterocycles. The van der Waals surface area contributed by atoms with Gasteiger partial charge in [-0.15, -0.1) is 0 Å². The van der Waals surface area contributed by atoms with Gasteiger partial charge in [0.05, 0.1) is 36.3 Å². The Kier molecular flexibility index (Phi) is 12.4. The van der Waals surface area contributed by atoms with Gasteiger partial charge in [-0.05, 0) is 49.9 Å². The molecule has 52 heavy (non-hydrogen) atoms. The molecule has 12 nitrogen and oxygen atoms in total. The second kappa shape index (κ2) is 17.1. The number of nitrogen functional groups attached to an aromatic ring is 2. The Balaban J connectivity index is 1.90. The van der Waals surface area contributed by atoms with Crippen LogP contribution in [0, 0.1) is 20.2 Å². The molecule has 0 saturated heterocycles. The summed E-state index contributed by atoms with van der Waals surface area (Å²) in [6, 6.07) is 13.4. The number of fused-ring (bicyclic) bond motifs is 8. The smallest absolute Gasteiger partial charge is 0.270 e. The van der Waals surface area contributed by atoms with E-state index in [1.807, 2.05) is 52.0 Å². The van der Waals surface area contributed by atoms with Crippen molar-refractivity contribution in [1.82, 2.24) is 0 Å². The second-order valence-electron chi connectivity index (χ2n) is 13.1. The highest BCUT2D eigenvalue weighted by Crippen LogP contribution is 2.42. The van der Waals surface area contributed by atoms with E-state index >= 15 is 0 Å². The Hall–Kier alpha value is -5.52. The molecule has 276 valence electrons. The van der Waals surface area contributed by atoms with Crippen molar-refractivity contribution in [1.29, 1.82) is 0 Å². The fraction of sp³-hybridized carbons (Fsp3) is 0.400. The normalized spacial score (nSPS) is 12.2. The number of nitrogens with zero attached hydrogens (tertiary/aromatic N) is 2. The van der Waals surface area contributed by atoms with Gasteiger partial charge in [0.25, 0.3) is 11.4 Å². The summed E-state index contributed by atoms with van der Waals surface area (Å²) in [5.41, 5.74) is 19.1. The summed E-state index contributed by atoms with van der Waals surface area (Å²) in [7, 11) is 0. The van der Waals surface area contributed by atoms with Crippen molar-refractivity contribution >= 4 is 22.7 Å². The zero-order valence-corrected chi connectivity index (χ0v) is 30.4. The van der Waals surface area contributed by atoms with Crippen LogP contribution in [0.4, 0.5) is 22.7 Å². The zero-order chi connectivity index (χ0) is 37.4. The van der Waals surface area contributed by atoms with Crippen LogP contribution >= 0.6 is 0 Å². The molecular weight excluding hydrogens is 664 g/mol. The lowest BCUT2D eigenvalue weighted by Crippen LogP contribution is -2.11. The number of non-ortho nitro benzene ring substituents is 2. The summed E-state index contributed by atoms with van der Waals surface area (Å²) in [4.78, 5) is 24.0. The van der Waals surface area contributed by atoms with E-state index in [4.69, 9.17) is 30.4 Å². The Bertz CT molecular complexity index is 1710. The van der Waals surface area contributed by atoms with Gasteiger partial charge in [0.1, 0.15) is 23.0 Å². The van der Waals surface area contributed by atoms with Crippen molar-refractivity contribution in [3.8, 4) is 23.0 Å². The van der Waals surface area contributed by atoms with Gasteiger partial charge in [-0.2, -0.15) is 0 Å². The standard InChI is InChI=1S/C40H48N4O8/c1-5-9-49-37-25-13-29-21-35(43(45)46)23-31(39(29)51-11-7-3)15-27-19-34(42)20-28(38(27)50-10-6-2)16-32-24-36(44(47)48)22-30(40(32)52-12-8-4)14-26(37)18-33(41)17-25/h17-24H,5-16,41-42H2,1-4H3. The lowest BCUT2D eigenvalue weighted by molar-refractivity contribution is -0.385. The van der Waals surface area contributed by atoms with Crippen LogP contribution in [0.25, 0.3) is 0 Å². The van der Waals surface area contributed by atoms with Gasteiger partial charge < -0.3 is 30.4 Å². The maximum Gasteiger partial charge on any atom is 0.270 e. The van der Waals surface area contributed by atoms with E-state index in [1.165, 1.54) is 0 Å². The van der Waals surface area contributed by atoms with Crippen molar-refractivity contribution in [2.75, 3.05) is 37.9 Å². The van der Waals surface area contributed by atoms with E-state index in [9.17, 15) is 20.2 Å². The van der Waals surface area contributed by atoms with Crippen LogP contribution in [-0.4, -0.2) is 36.3 Å². The predicted octanol–water partition coefficient (Wildman–Crippen LogP) is 8.50. The van der Waals surface area contributed by atoms with Crippen molar-refractivity contribution in [2.24, 2.45) is 0 Å². The molecule has 4 aromatic rings. The molecule has 0 fully saturated rings. The van der Waals surface area contributed by atoms with E-state index in [0.29, 0.717) is 105 Å². The predicted molar refractivity (Wildman–Crippen MR) is 202 cm³/mol. The average molecular weight is 713 g/mol. The molecule has 4 aromatic carbocycles. The molecule has 5 rings (SSSR count). The van der Waals surface area contributed by atoms with Crippen molar-refractivity contribution in [3.63, 3.8) is 0 Å². The lowest BCUT2D eigenvalue weighted by Gasteiger charge is -2.23. The van der Waals surface area contributed by atoms with Crippen LogP contribution in [0.3, 0.4) is 0 Å². The average Bonchev–Trinajstić information content (AvgIpc) is 3.09. The van der Waals surface area contributed by atoms with Crippen LogP contribution in [-0.2, 0) is 25.7 Å². The molecule has 0 spiro atoms. The van der Waals surface area contributed by atoms with Gasteiger partial charge in [0.2, 0.25) is 0 Å². The van der Waals surface area contributed by atoms with Gasteiger partial charge in [0, 0.05) is 106 Å². The highest BCUT2D eigenvalue weighted by atomic mass is 16.6. The highest BCUT2D eigenvalue weighted by Gasteiger charge is 2.26. The van der Waals surface area contributed by atoms with Crippen molar-refractivity contribution < 1.29 is 28.8 Å². The number of nitrogens with two attached hydrogens (primary N) is 2. The van der Waals surface area contributed by atoms with Crippen LogP contribution in [0.5, 0.6) is 23.0 Å². The van der Waals surface area contributed by atoms with E-state index < -0.39 is 9.85 Å². The maximum atomic E-state index is 12.4.